The summed E-state index contributed by atoms with van der Waals surface area (Å²) in [6, 6.07) is 4.70. The molecule has 1 aromatic carbocycles. The molecule has 3 nitrogen and oxygen atoms in total. The third-order valence-electron chi connectivity index (χ3n) is 2.95. The highest BCUT2D eigenvalue weighted by Crippen LogP contribution is 2.29. The van der Waals surface area contributed by atoms with Crippen molar-refractivity contribution >= 4 is 11.7 Å². The smallest absolute Gasteiger partial charge is 0.308 e. The molecule has 4 heteroatoms. The average molecular weight is 223 g/mol. The predicted molar refractivity (Wildman–Crippen MR) is 59.1 cm³/mol. The zero-order valence-corrected chi connectivity index (χ0v) is 9.11. The number of benzene rings is 1. The van der Waals surface area contributed by atoms with E-state index in [0.29, 0.717) is 6.54 Å². The number of rotatable bonds is 3. The van der Waals surface area contributed by atoms with Gasteiger partial charge in [0.25, 0.3) is 0 Å². The van der Waals surface area contributed by atoms with Crippen LogP contribution in [0.3, 0.4) is 0 Å². The third-order valence-corrected chi connectivity index (χ3v) is 2.95. The molecule has 1 unspecified atom stereocenters. The topological polar surface area (TPSA) is 40.5 Å². The van der Waals surface area contributed by atoms with Crippen LogP contribution in [0.25, 0.3) is 0 Å². The van der Waals surface area contributed by atoms with Gasteiger partial charge in [-0.15, -0.1) is 0 Å². The minimum absolute atomic E-state index is 0.270. The van der Waals surface area contributed by atoms with Gasteiger partial charge in [-0.05, 0) is 24.1 Å². The molecule has 0 aliphatic carbocycles. The van der Waals surface area contributed by atoms with Crippen LogP contribution < -0.4 is 4.90 Å². The zero-order chi connectivity index (χ0) is 11.7. The van der Waals surface area contributed by atoms with Gasteiger partial charge in [0.05, 0.1) is 5.92 Å². The number of anilines is 1. The Morgan fingerprint density at radius 2 is 2.38 bits per heavy atom. The minimum Gasteiger partial charge on any atom is -0.481 e. The molecule has 0 radical (unpaired) electrons. The lowest BCUT2D eigenvalue weighted by Gasteiger charge is -2.21. The summed E-state index contributed by atoms with van der Waals surface area (Å²) in [5.41, 5.74) is 1.94. The van der Waals surface area contributed by atoms with E-state index < -0.39 is 11.9 Å². The molecule has 86 valence electrons. The first-order chi connectivity index (χ1) is 7.58. The van der Waals surface area contributed by atoms with E-state index in [1.165, 1.54) is 12.1 Å². The van der Waals surface area contributed by atoms with Crippen molar-refractivity contribution in [3.05, 3.63) is 29.6 Å². The van der Waals surface area contributed by atoms with Crippen molar-refractivity contribution in [3.8, 4) is 0 Å². The minimum atomic E-state index is -0.815. The molecule has 1 aromatic rings. The number of aliphatic carboxylic acids is 1. The quantitative estimate of drug-likeness (QED) is 0.851. The van der Waals surface area contributed by atoms with Crippen molar-refractivity contribution < 1.29 is 14.3 Å². The molecule has 0 saturated heterocycles. The summed E-state index contributed by atoms with van der Waals surface area (Å²) in [5, 5.41) is 8.84. The Kier molecular flexibility index (Phi) is 2.81. The fraction of sp³-hybridized carbons (Fsp3) is 0.417. The monoisotopic (exact) mass is 223 g/mol. The molecular weight excluding hydrogens is 209 g/mol. The Morgan fingerprint density at radius 1 is 1.62 bits per heavy atom. The van der Waals surface area contributed by atoms with E-state index in [1.54, 1.807) is 13.0 Å². The van der Waals surface area contributed by atoms with Crippen LogP contribution in [0.15, 0.2) is 18.2 Å². The van der Waals surface area contributed by atoms with Crippen LogP contribution in [0, 0.1) is 11.7 Å². The summed E-state index contributed by atoms with van der Waals surface area (Å²) < 4.78 is 13.1. The molecule has 16 heavy (non-hydrogen) atoms. The molecule has 0 amide bonds. The van der Waals surface area contributed by atoms with Gasteiger partial charge in [-0.2, -0.15) is 0 Å². The Labute approximate surface area is 93.5 Å². The lowest BCUT2D eigenvalue weighted by Crippen LogP contribution is -2.30. The number of hydrogen-bond acceptors (Lipinski definition) is 2. The van der Waals surface area contributed by atoms with E-state index in [4.69, 9.17) is 5.11 Å². The second-order valence-corrected chi connectivity index (χ2v) is 4.21. The third kappa shape index (κ3) is 2.01. The first-order valence-corrected chi connectivity index (χ1v) is 5.34. The SMILES string of the molecule is CC(CN1CCc2ccc(F)cc21)C(=O)O. The van der Waals surface area contributed by atoms with Crippen LogP contribution in [0.5, 0.6) is 0 Å². The number of hydrogen-bond donors (Lipinski definition) is 1. The highest BCUT2D eigenvalue weighted by atomic mass is 19.1. The van der Waals surface area contributed by atoms with Gasteiger partial charge in [0.2, 0.25) is 0 Å². The maximum atomic E-state index is 13.1. The van der Waals surface area contributed by atoms with Crippen molar-refractivity contribution in [1.29, 1.82) is 0 Å². The molecule has 1 aliphatic rings. The van der Waals surface area contributed by atoms with Crippen molar-refractivity contribution in [2.75, 3.05) is 18.0 Å². The zero-order valence-electron chi connectivity index (χ0n) is 9.11. The van der Waals surface area contributed by atoms with Crippen LogP contribution in [0.4, 0.5) is 10.1 Å². The van der Waals surface area contributed by atoms with Crippen LogP contribution >= 0.6 is 0 Å². The first-order valence-electron chi connectivity index (χ1n) is 5.34. The van der Waals surface area contributed by atoms with Crippen LogP contribution in [0.1, 0.15) is 12.5 Å². The normalized spacial score (nSPS) is 16.0. The summed E-state index contributed by atoms with van der Waals surface area (Å²) in [4.78, 5) is 12.7. The summed E-state index contributed by atoms with van der Waals surface area (Å²) in [6.07, 6.45) is 0.863. The van der Waals surface area contributed by atoms with E-state index in [1.807, 2.05) is 4.90 Å². The second-order valence-electron chi connectivity index (χ2n) is 4.21. The van der Waals surface area contributed by atoms with E-state index >= 15 is 0 Å². The molecule has 1 atom stereocenters. The second kappa shape index (κ2) is 4.12. The number of carboxylic acid groups (broad SMARTS) is 1. The maximum absolute atomic E-state index is 13.1. The number of nitrogens with zero attached hydrogens (tertiary/aromatic N) is 1. The predicted octanol–water partition coefficient (Wildman–Crippen LogP) is 1.91. The highest BCUT2D eigenvalue weighted by Gasteiger charge is 2.23. The Bertz CT molecular complexity index is 419. The van der Waals surface area contributed by atoms with Crippen molar-refractivity contribution in [2.45, 2.75) is 13.3 Å². The van der Waals surface area contributed by atoms with Gasteiger partial charge in [-0.1, -0.05) is 13.0 Å². The molecule has 0 aromatic heterocycles. The molecule has 0 fully saturated rings. The lowest BCUT2D eigenvalue weighted by molar-refractivity contribution is -0.140. The van der Waals surface area contributed by atoms with Crippen LogP contribution in [-0.4, -0.2) is 24.2 Å². The molecule has 0 saturated carbocycles. The fourth-order valence-electron chi connectivity index (χ4n) is 2.02. The van der Waals surface area contributed by atoms with E-state index in [-0.39, 0.29) is 5.82 Å². The highest BCUT2D eigenvalue weighted by molar-refractivity contribution is 5.71. The summed E-state index contributed by atoms with van der Waals surface area (Å²) >= 11 is 0. The van der Waals surface area contributed by atoms with Gasteiger partial charge in [0.15, 0.2) is 0 Å². The van der Waals surface area contributed by atoms with Crippen molar-refractivity contribution in [2.24, 2.45) is 5.92 Å². The van der Waals surface area contributed by atoms with Gasteiger partial charge >= 0.3 is 5.97 Å². The largest absolute Gasteiger partial charge is 0.481 e. The molecule has 1 N–H and O–H groups in total. The van der Waals surface area contributed by atoms with Gasteiger partial charge in [0.1, 0.15) is 5.82 Å². The number of carboxylic acids is 1. The Morgan fingerprint density at radius 3 is 3.06 bits per heavy atom. The summed E-state index contributed by atoms with van der Waals surface area (Å²) in [6.45, 7) is 2.88. The maximum Gasteiger partial charge on any atom is 0.308 e. The molecule has 2 rings (SSSR count). The molecule has 1 heterocycles. The van der Waals surface area contributed by atoms with E-state index in [0.717, 1.165) is 24.2 Å². The molecule has 0 bridgehead atoms. The van der Waals surface area contributed by atoms with E-state index in [9.17, 15) is 9.18 Å². The first kappa shape index (κ1) is 10.9. The Balaban J connectivity index is 2.17. The number of halogens is 1. The van der Waals surface area contributed by atoms with Crippen LogP contribution in [-0.2, 0) is 11.2 Å². The summed E-state index contributed by atoms with van der Waals surface area (Å²) in [7, 11) is 0. The molecular formula is C12H14FNO2. The standard InChI is InChI=1S/C12H14FNO2/c1-8(12(15)16)7-14-5-4-9-2-3-10(13)6-11(9)14/h2-3,6,8H,4-5,7H2,1H3,(H,15,16). The van der Waals surface area contributed by atoms with Gasteiger partial charge < -0.3 is 10.0 Å². The number of fused-ring (bicyclic) bond motifs is 1. The average Bonchev–Trinajstić information content (AvgIpc) is 2.61. The van der Waals surface area contributed by atoms with Crippen molar-refractivity contribution in [3.63, 3.8) is 0 Å². The fourth-order valence-corrected chi connectivity index (χ4v) is 2.02. The van der Waals surface area contributed by atoms with Crippen molar-refractivity contribution in [1.82, 2.24) is 0 Å². The van der Waals surface area contributed by atoms with E-state index in [2.05, 4.69) is 0 Å². The Hall–Kier alpha value is -1.58. The lowest BCUT2D eigenvalue weighted by atomic mass is 10.1. The summed E-state index contributed by atoms with van der Waals surface area (Å²) in [5.74, 6) is -1.52. The van der Waals surface area contributed by atoms with Crippen LogP contribution in [0.2, 0.25) is 0 Å². The molecule has 1 aliphatic heterocycles. The number of carbonyl (C=O) groups is 1. The molecule has 0 spiro atoms. The van der Waals surface area contributed by atoms with Gasteiger partial charge in [-0.3, -0.25) is 4.79 Å². The van der Waals surface area contributed by atoms with Gasteiger partial charge in [0, 0.05) is 18.8 Å². The van der Waals surface area contributed by atoms with Gasteiger partial charge in [-0.25, -0.2) is 4.39 Å².